The molecule has 2 N–H and O–H groups in total. The van der Waals surface area contributed by atoms with Gasteiger partial charge in [0, 0.05) is 28.5 Å². The molecule has 26 heavy (non-hydrogen) atoms. The number of Topliss-reactive ketones (excluding diaryl/α,β-unsaturated/α-hetero) is 1. The molecule has 5 heteroatoms. The van der Waals surface area contributed by atoms with Gasteiger partial charge in [-0.05, 0) is 42.1 Å². The summed E-state index contributed by atoms with van der Waals surface area (Å²) >= 11 is 1.67. The lowest BCUT2D eigenvalue weighted by Crippen LogP contribution is -2.26. The van der Waals surface area contributed by atoms with Crippen molar-refractivity contribution in [1.82, 2.24) is 0 Å². The van der Waals surface area contributed by atoms with Gasteiger partial charge in [0.05, 0.1) is 23.7 Å². The molecule has 1 aromatic carbocycles. The Morgan fingerprint density at radius 2 is 1.88 bits per heavy atom. The van der Waals surface area contributed by atoms with E-state index in [1.54, 1.807) is 17.6 Å². The van der Waals surface area contributed by atoms with Crippen molar-refractivity contribution in [1.29, 1.82) is 0 Å². The van der Waals surface area contributed by atoms with Gasteiger partial charge in [0.25, 0.3) is 0 Å². The van der Waals surface area contributed by atoms with E-state index < -0.39 is 0 Å². The number of furan rings is 1. The number of nitrogens with one attached hydrogen (secondary N) is 2. The lowest BCUT2D eigenvalue weighted by molar-refractivity contribution is -0.116. The lowest BCUT2D eigenvalue weighted by Gasteiger charge is -2.28. The van der Waals surface area contributed by atoms with Crippen LogP contribution >= 0.6 is 11.3 Å². The average Bonchev–Trinajstić information content (AvgIpc) is 3.33. The van der Waals surface area contributed by atoms with Gasteiger partial charge in [0.2, 0.25) is 0 Å². The molecule has 2 atom stereocenters. The van der Waals surface area contributed by atoms with Crippen LogP contribution < -0.4 is 10.6 Å². The van der Waals surface area contributed by atoms with Gasteiger partial charge in [-0.2, -0.15) is 0 Å². The molecule has 0 saturated heterocycles. The molecule has 2 aromatic heterocycles. The van der Waals surface area contributed by atoms with Crippen LogP contribution in [0.1, 0.15) is 35.4 Å². The Morgan fingerprint density at radius 3 is 2.65 bits per heavy atom. The number of carbonyl (C=O) groups excluding carboxylic acids is 1. The molecule has 0 saturated carbocycles. The number of carbonyl (C=O) groups is 1. The summed E-state index contributed by atoms with van der Waals surface area (Å²) in [4.78, 5) is 14.3. The van der Waals surface area contributed by atoms with Crippen LogP contribution in [-0.2, 0) is 4.79 Å². The van der Waals surface area contributed by atoms with E-state index in [1.807, 2.05) is 36.4 Å². The molecule has 2 aliphatic rings. The fraction of sp³-hybridized carbons (Fsp3) is 0.190. The standard InChI is InChI=1S/C21H18N2O2S/c24-17-12-13(18-7-3-9-25-18)11-16-20(17)21(19-8-4-10-26-19)23-15-6-2-1-5-14(15)22-16/h1-10,13,21-23H,11-12H2/t13-,21+/m0/s1. The molecule has 0 amide bonds. The highest BCUT2D eigenvalue weighted by Gasteiger charge is 2.37. The zero-order valence-electron chi connectivity index (χ0n) is 14.1. The maximum Gasteiger partial charge on any atom is 0.163 e. The second-order valence-electron chi connectivity index (χ2n) is 6.70. The Bertz CT molecular complexity index is 973. The van der Waals surface area contributed by atoms with Gasteiger partial charge in [-0.25, -0.2) is 0 Å². The third-order valence-electron chi connectivity index (χ3n) is 5.08. The van der Waals surface area contributed by atoms with E-state index in [1.165, 1.54) is 0 Å². The lowest BCUT2D eigenvalue weighted by atomic mass is 9.81. The maximum atomic E-state index is 13.2. The van der Waals surface area contributed by atoms with Crippen LogP contribution in [-0.4, -0.2) is 5.78 Å². The van der Waals surface area contributed by atoms with E-state index >= 15 is 0 Å². The van der Waals surface area contributed by atoms with Crippen molar-refractivity contribution in [2.24, 2.45) is 0 Å². The molecular weight excluding hydrogens is 344 g/mol. The van der Waals surface area contributed by atoms with E-state index in [-0.39, 0.29) is 17.7 Å². The monoisotopic (exact) mass is 362 g/mol. The highest BCUT2D eigenvalue weighted by molar-refractivity contribution is 7.10. The molecule has 130 valence electrons. The molecule has 5 rings (SSSR count). The summed E-state index contributed by atoms with van der Waals surface area (Å²) in [6, 6.07) is 16.0. The second-order valence-corrected chi connectivity index (χ2v) is 7.68. The molecule has 0 fully saturated rings. The smallest absolute Gasteiger partial charge is 0.163 e. The van der Waals surface area contributed by atoms with Gasteiger partial charge in [-0.3, -0.25) is 4.79 Å². The number of fused-ring (bicyclic) bond motifs is 1. The second kappa shape index (κ2) is 6.18. The van der Waals surface area contributed by atoms with Crippen LogP contribution in [0.2, 0.25) is 0 Å². The summed E-state index contributed by atoms with van der Waals surface area (Å²) in [7, 11) is 0. The largest absolute Gasteiger partial charge is 0.469 e. The van der Waals surface area contributed by atoms with Crippen molar-refractivity contribution < 1.29 is 9.21 Å². The highest BCUT2D eigenvalue weighted by Crippen LogP contribution is 2.44. The van der Waals surface area contributed by atoms with Crippen molar-refractivity contribution in [3.63, 3.8) is 0 Å². The van der Waals surface area contributed by atoms with E-state index in [0.717, 1.165) is 39.7 Å². The maximum absolute atomic E-state index is 13.2. The van der Waals surface area contributed by atoms with E-state index in [4.69, 9.17) is 4.42 Å². The minimum absolute atomic E-state index is 0.0815. The Morgan fingerprint density at radius 1 is 1.00 bits per heavy atom. The highest BCUT2D eigenvalue weighted by atomic mass is 32.1. The number of benzene rings is 1. The first-order valence-electron chi connectivity index (χ1n) is 8.75. The molecule has 0 bridgehead atoms. The number of hydrogen-bond donors (Lipinski definition) is 2. The molecule has 3 aromatic rings. The summed E-state index contributed by atoms with van der Waals surface area (Å²) in [6.07, 6.45) is 2.93. The zero-order chi connectivity index (χ0) is 17.5. The van der Waals surface area contributed by atoms with Crippen molar-refractivity contribution in [2.75, 3.05) is 10.6 Å². The predicted octanol–water partition coefficient (Wildman–Crippen LogP) is 5.32. The summed E-state index contributed by atoms with van der Waals surface area (Å²) in [5.41, 5.74) is 3.87. The van der Waals surface area contributed by atoms with Gasteiger partial charge in [0.15, 0.2) is 5.78 Å². The molecule has 0 radical (unpaired) electrons. The number of thiophene rings is 1. The van der Waals surface area contributed by atoms with E-state index in [2.05, 4.69) is 28.1 Å². The Hall–Kier alpha value is -2.79. The van der Waals surface area contributed by atoms with Crippen molar-refractivity contribution in [3.8, 4) is 0 Å². The number of para-hydroxylation sites is 2. The molecule has 0 unspecified atom stereocenters. The third-order valence-corrected chi connectivity index (χ3v) is 6.02. The summed E-state index contributed by atoms with van der Waals surface area (Å²) in [5, 5.41) is 9.18. The molecule has 1 aliphatic carbocycles. The van der Waals surface area contributed by atoms with Crippen LogP contribution in [0.4, 0.5) is 11.4 Å². The average molecular weight is 362 g/mol. The molecule has 0 spiro atoms. The Kier molecular flexibility index (Phi) is 3.68. The first kappa shape index (κ1) is 15.5. The van der Waals surface area contributed by atoms with Crippen molar-refractivity contribution in [3.05, 3.63) is 82.1 Å². The van der Waals surface area contributed by atoms with Gasteiger partial charge in [0.1, 0.15) is 5.76 Å². The van der Waals surface area contributed by atoms with Crippen molar-refractivity contribution in [2.45, 2.75) is 24.8 Å². The van der Waals surface area contributed by atoms with Crippen LogP contribution in [0.3, 0.4) is 0 Å². The van der Waals surface area contributed by atoms with Gasteiger partial charge >= 0.3 is 0 Å². The first-order chi connectivity index (χ1) is 12.8. The van der Waals surface area contributed by atoms with Crippen LogP contribution in [0.5, 0.6) is 0 Å². The van der Waals surface area contributed by atoms with Crippen LogP contribution in [0, 0.1) is 0 Å². The third kappa shape index (κ3) is 2.56. The number of hydrogen-bond acceptors (Lipinski definition) is 5. The van der Waals surface area contributed by atoms with E-state index in [0.29, 0.717) is 6.42 Å². The quantitative estimate of drug-likeness (QED) is 0.648. The van der Waals surface area contributed by atoms with Crippen molar-refractivity contribution >= 4 is 28.5 Å². The minimum atomic E-state index is -0.119. The number of ketones is 1. The van der Waals surface area contributed by atoms with E-state index in [9.17, 15) is 4.79 Å². The van der Waals surface area contributed by atoms with Gasteiger partial charge in [-0.1, -0.05) is 18.2 Å². The topological polar surface area (TPSA) is 54.3 Å². The Labute approximate surface area is 155 Å². The summed E-state index contributed by atoms with van der Waals surface area (Å²) in [5.74, 6) is 1.14. The fourth-order valence-corrected chi connectivity index (χ4v) is 4.67. The SMILES string of the molecule is O=C1C[C@@H](c2ccco2)CC2=C1[C@@H](c1cccs1)Nc1ccccc1N2. The number of rotatable bonds is 2. The summed E-state index contributed by atoms with van der Waals surface area (Å²) < 4.78 is 5.58. The molecule has 3 heterocycles. The normalized spacial score (nSPS) is 22.1. The van der Waals surface area contributed by atoms with Crippen LogP contribution in [0.15, 0.2) is 75.9 Å². The molecule has 4 nitrogen and oxygen atoms in total. The van der Waals surface area contributed by atoms with Crippen LogP contribution in [0.25, 0.3) is 0 Å². The molecular formula is C21H18N2O2S. The summed E-state index contributed by atoms with van der Waals surface area (Å²) in [6.45, 7) is 0. The number of anilines is 2. The Balaban J connectivity index is 1.62. The number of allylic oxidation sites excluding steroid dienone is 1. The fourth-order valence-electron chi connectivity index (χ4n) is 3.89. The first-order valence-corrected chi connectivity index (χ1v) is 9.63. The van der Waals surface area contributed by atoms with Gasteiger partial charge in [-0.15, -0.1) is 11.3 Å². The predicted molar refractivity (Wildman–Crippen MR) is 103 cm³/mol. The van der Waals surface area contributed by atoms with Gasteiger partial charge < -0.3 is 15.1 Å². The zero-order valence-corrected chi connectivity index (χ0v) is 14.9. The minimum Gasteiger partial charge on any atom is -0.469 e. The molecule has 1 aliphatic heterocycles.